The normalized spacial score (nSPS) is 20.9. The average molecular weight is 276 g/mol. The van der Waals surface area contributed by atoms with Crippen molar-refractivity contribution < 1.29 is 4.74 Å². The highest BCUT2D eigenvalue weighted by atomic mass is 16.5. The molecule has 0 aliphatic carbocycles. The number of anilines is 1. The number of hydrogen-bond donors (Lipinski definition) is 1. The summed E-state index contributed by atoms with van der Waals surface area (Å²) in [5.41, 5.74) is 8.59. The lowest BCUT2D eigenvalue weighted by Gasteiger charge is -2.34. The number of piperidine rings is 1. The van der Waals surface area contributed by atoms with Gasteiger partial charge in [-0.05, 0) is 43.4 Å². The maximum Gasteiger partial charge on any atom is 0.0750 e. The van der Waals surface area contributed by atoms with Gasteiger partial charge in [0.15, 0.2) is 0 Å². The molecule has 3 heteroatoms. The fraction of sp³-hybridized carbons (Fsp3) is 0.647. The topological polar surface area (TPSA) is 38.5 Å². The van der Waals surface area contributed by atoms with Gasteiger partial charge in [0.05, 0.1) is 6.10 Å². The van der Waals surface area contributed by atoms with Gasteiger partial charge in [-0.2, -0.15) is 0 Å². The third-order valence-electron chi connectivity index (χ3n) is 4.06. The van der Waals surface area contributed by atoms with Crippen LogP contribution in [0.4, 0.5) is 5.69 Å². The fourth-order valence-corrected chi connectivity index (χ4v) is 2.76. The van der Waals surface area contributed by atoms with E-state index >= 15 is 0 Å². The van der Waals surface area contributed by atoms with E-state index in [1.165, 1.54) is 24.1 Å². The number of rotatable bonds is 6. The molecule has 2 rings (SSSR count). The Morgan fingerprint density at radius 1 is 1.30 bits per heavy atom. The summed E-state index contributed by atoms with van der Waals surface area (Å²) in [4.78, 5) is 2.44. The molecule has 0 radical (unpaired) electrons. The summed E-state index contributed by atoms with van der Waals surface area (Å²) >= 11 is 0. The van der Waals surface area contributed by atoms with Crippen LogP contribution in [-0.4, -0.2) is 25.8 Å². The largest absolute Gasteiger partial charge is 0.376 e. The van der Waals surface area contributed by atoms with Gasteiger partial charge in [-0.1, -0.05) is 26.0 Å². The summed E-state index contributed by atoms with van der Waals surface area (Å²) in [5.74, 6) is 0. The number of nitrogens with two attached hydrogens (primary N) is 1. The van der Waals surface area contributed by atoms with Gasteiger partial charge in [-0.3, -0.25) is 0 Å². The van der Waals surface area contributed by atoms with Crippen LogP contribution in [0.5, 0.6) is 0 Å². The lowest BCUT2D eigenvalue weighted by atomic mass is 10.0. The van der Waals surface area contributed by atoms with Crippen molar-refractivity contribution in [2.75, 3.05) is 24.6 Å². The van der Waals surface area contributed by atoms with E-state index in [0.29, 0.717) is 6.10 Å². The van der Waals surface area contributed by atoms with Gasteiger partial charge >= 0.3 is 0 Å². The Kier molecular flexibility index (Phi) is 5.86. The van der Waals surface area contributed by atoms with Crippen molar-refractivity contribution >= 4 is 5.69 Å². The third-order valence-corrected chi connectivity index (χ3v) is 4.06. The van der Waals surface area contributed by atoms with E-state index in [-0.39, 0.29) is 6.04 Å². The summed E-state index contributed by atoms with van der Waals surface area (Å²) < 4.78 is 5.90. The zero-order chi connectivity index (χ0) is 14.4. The maximum atomic E-state index is 6.07. The Labute approximate surface area is 123 Å². The number of benzene rings is 1. The van der Waals surface area contributed by atoms with E-state index in [1.807, 2.05) is 0 Å². The first-order chi connectivity index (χ1) is 9.74. The molecular weight excluding hydrogens is 248 g/mol. The molecule has 1 unspecified atom stereocenters. The quantitative estimate of drug-likeness (QED) is 0.864. The zero-order valence-corrected chi connectivity index (χ0v) is 12.8. The second kappa shape index (κ2) is 7.65. The van der Waals surface area contributed by atoms with E-state index < -0.39 is 0 Å². The van der Waals surface area contributed by atoms with Crippen molar-refractivity contribution in [3.8, 4) is 0 Å². The Balaban J connectivity index is 1.96. The van der Waals surface area contributed by atoms with Crippen LogP contribution in [0.2, 0.25) is 0 Å². The molecule has 0 saturated carbocycles. The molecule has 1 fully saturated rings. The van der Waals surface area contributed by atoms with Crippen LogP contribution in [0.15, 0.2) is 24.3 Å². The van der Waals surface area contributed by atoms with Crippen LogP contribution >= 0.6 is 0 Å². The molecule has 20 heavy (non-hydrogen) atoms. The van der Waals surface area contributed by atoms with E-state index in [9.17, 15) is 0 Å². The molecule has 1 aliphatic heterocycles. The smallest absolute Gasteiger partial charge is 0.0750 e. The molecule has 0 spiro atoms. The summed E-state index contributed by atoms with van der Waals surface area (Å²) in [6.45, 7) is 7.31. The van der Waals surface area contributed by atoms with Crippen LogP contribution in [0.1, 0.15) is 51.1 Å². The fourth-order valence-electron chi connectivity index (χ4n) is 2.76. The van der Waals surface area contributed by atoms with Crippen molar-refractivity contribution in [1.82, 2.24) is 0 Å². The van der Waals surface area contributed by atoms with Gasteiger partial charge in [-0.15, -0.1) is 0 Å². The van der Waals surface area contributed by atoms with Gasteiger partial charge in [0.2, 0.25) is 0 Å². The van der Waals surface area contributed by atoms with Gasteiger partial charge in [0.25, 0.3) is 0 Å². The minimum absolute atomic E-state index is 0.158. The van der Waals surface area contributed by atoms with Crippen LogP contribution in [0.3, 0.4) is 0 Å². The van der Waals surface area contributed by atoms with Crippen LogP contribution in [0, 0.1) is 0 Å². The van der Waals surface area contributed by atoms with Crippen molar-refractivity contribution in [3.05, 3.63) is 29.8 Å². The molecule has 3 nitrogen and oxygen atoms in total. The summed E-state index contributed by atoms with van der Waals surface area (Å²) in [7, 11) is 0. The van der Waals surface area contributed by atoms with Gasteiger partial charge in [0, 0.05) is 31.4 Å². The second-order valence-electron chi connectivity index (χ2n) is 5.69. The molecule has 1 saturated heterocycles. The van der Waals surface area contributed by atoms with Crippen LogP contribution in [-0.2, 0) is 4.74 Å². The molecular formula is C17H28N2O. The Hall–Kier alpha value is -1.06. The van der Waals surface area contributed by atoms with E-state index in [1.54, 1.807) is 0 Å². The molecule has 0 bridgehead atoms. The lowest BCUT2D eigenvalue weighted by molar-refractivity contribution is 0.0440. The van der Waals surface area contributed by atoms with Gasteiger partial charge < -0.3 is 15.4 Å². The van der Waals surface area contributed by atoms with E-state index in [4.69, 9.17) is 10.5 Å². The lowest BCUT2D eigenvalue weighted by Crippen LogP contribution is -2.39. The summed E-state index contributed by atoms with van der Waals surface area (Å²) in [6.07, 6.45) is 4.87. The van der Waals surface area contributed by atoms with Crippen LogP contribution < -0.4 is 10.6 Å². The van der Waals surface area contributed by atoms with Crippen molar-refractivity contribution in [3.63, 3.8) is 0 Å². The van der Waals surface area contributed by atoms with Crippen molar-refractivity contribution in [2.24, 2.45) is 5.73 Å². The highest BCUT2D eigenvalue weighted by Gasteiger charge is 2.20. The van der Waals surface area contributed by atoms with Gasteiger partial charge in [-0.25, -0.2) is 0 Å². The third kappa shape index (κ3) is 3.97. The molecule has 1 heterocycles. The van der Waals surface area contributed by atoms with E-state index in [2.05, 4.69) is 43.0 Å². The van der Waals surface area contributed by atoms with E-state index in [0.717, 1.165) is 32.5 Å². The first-order valence-corrected chi connectivity index (χ1v) is 7.96. The summed E-state index contributed by atoms with van der Waals surface area (Å²) in [5, 5.41) is 0. The molecule has 0 aromatic heterocycles. The predicted molar refractivity (Wildman–Crippen MR) is 85.1 cm³/mol. The van der Waals surface area contributed by atoms with Gasteiger partial charge in [0.1, 0.15) is 0 Å². The Morgan fingerprint density at radius 3 is 2.70 bits per heavy atom. The second-order valence-corrected chi connectivity index (χ2v) is 5.69. The van der Waals surface area contributed by atoms with Crippen molar-refractivity contribution in [1.29, 1.82) is 0 Å². The first-order valence-electron chi connectivity index (χ1n) is 7.96. The minimum atomic E-state index is 0.158. The molecule has 2 N–H and O–H groups in total. The Morgan fingerprint density at radius 2 is 2.05 bits per heavy atom. The zero-order valence-electron chi connectivity index (χ0n) is 12.8. The predicted octanol–water partition coefficient (Wildman–Crippen LogP) is 3.49. The standard InChI is InChI=1S/C17H28N2O/c1-3-12-20-16-6-5-11-19(13-16)15-9-7-14(8-10-15)17(18)4-2/h7-10,16-17H,3-6,11-13,18H2,1-2H3/t16?,17-/m0/s1. The minimum Gasteiger partial charge on any atom is -0.376 e. The molecule has 0 amide bonds. The first kappa shape index (κ1) is 15.3. The number of ether oxygens (including phenoxy) is 1. The number of hydrogen-bond acceptors (Lipinski definition) is 3. The molecule has 112 valence electrons. The molecule has 1 aliphatic rings. The number of nitrogens with zero attached hydrogens (tertiary/aromatic N) is 1. The highest BCUT2D eigenvalue weighted by molar-refractivity contribution is 5.48. The SMILES string of the molecule is CCCOC1CCCN(c2ccc([C@@H](N)CC)cc2)C1. The van der Waals surface area contributed by atoms with Crippen molar-refractivity contribution in [2.45, 2.75) is 51.7 Å². The van der Waals surface area contributed by atoms with Crippen LogP contribution in [0.25, 0.3) is 0 Å². The molecule has 1 aromatic carbocycles. The molecule has 1 aromatic rings. The monoisotopic (exact) mass is 276 g/mol. The highest BCUT2D eigenvalue weighted by Crippen LogP contribution is 2.23. The molecule has 2 atom stereocenters. The Bertz CT molecular complexity index is 390. The average Bonchev–Trinajstić information content (AvgIpc) is 2.52. The summed E-state index contributed by atoms with van der Waals surface area (Å²) in [6, 6.07) is 8.89. The maximum absolute atomic E-state index is 6.07.